The van der Waals surface area contributed by atoms with Gasteiger partial charge in [0.1, 0.15) is 6.04 Å². The minimum atomic E-state index is -0.887. The van der Waals surface area contributed by atoms with Crippen LogP contribution in [0.5, 0.6) is 0 Å². The van der Waals surface area contributed by atoms with Crippen molar-refractivity contribution in [3.8, 4) is 0 Å². The lowest BCUT2D eigenvalue weighted by molar-refractivity contribution is -0.141. The molecule has 2 atom stereocenters. The van der Waals surface area contributed by atoms with E-state index in [1.54, 1.807) is 6.07 Å². The number of hydrogen-bond acceptors (Lipinski definition) is 5. The third-order valence-corrected chi connectivity index (χ3v) is 6.14. The van der Waals surface area contributed by atoms with Crippen molar-refractivity contribution in [1.82, 2.24) is 15.5 Å². The van der Waals surface area contributed by atoms with Crippen molar-refractivity contribution < 1.29 is 23.5 Å². The first-order valence-electron chi connectivity index (χ1n) is 12.1. The van der Waals surface area contributed by atoms with E-state index in [2.05, 4.69) is 10.6 Å². The van der Waals surface area contributed by atoms with Crippen LogP contribution in [0.1, 0.15) is 46.1 Å². The van der Waals surface area contributed by atoms with E-state index in [1.807, 2.05) is 61.5 Å². The fourth-order valence-electron chi connectivity index (χ4n) is 4.19. The first-order valence-corrected chi connectivity index (χ1v) is 12.1. The number of nitrogens with one attached hydrogen (secondary N) is 2. The molecule has 0 bridgehead atoms. The summed E-state index contributed by atoms with van der Waals surface area (Å²) < 4.78 is 10.8. The molecule has 1 aromatic heterocycles. The first-order chi connectivity index (χ1) is 17.5. The summed E-state index contributed by atoms with van der Waals surface area (Å²) in [5.41, 5.74) is 2.65. The molecule has 0 saturated carbocycles. The molecular formula is C28H31N3O5. The van der Waals surface area contributed by atoms with E-state index < -0.39 is 17.9 Å². The highest BCUT2D eigenvalue weighted by atomic mass is 16.5. The van der Waals surface area contributed by atoms with Crippen molar-refractivity contribution in [3.63, 3.8) is 0 Å². The molecular weight excluding hydrogens is 458 g/mol. The van der Waals surface area contributed by atoms with Crippen LogP contribution in [0.25, 0.3) is 0 Å². The number of nitrogens with zero attached hydrogens (tertiary/aromatic N) is 1. The summed E-state index contributed by atoms with van der Waals surface area (Å²) in [6, 6.07) is 19.2. The molecule has 1 aliphatic rings. The van der Waals surface area contributed by atoms with Gasteiger partial charge in [0.15, 0.2) is 5.76 Å². The Kier molecular flexibility index (Phi) is 8.52. The Labute approximate surface area is 210 Å². The highest BCUT2D eigenvalue weighted by Gasteiger charge is 2.32. The van der Waals surface area contributed by atoms with Crippen LogP contribution >= 0.6 is 0 Å². The molecule has 3 aromatic rings. The number of carbonyl (C=O) groups is 3. The van der Waals surface area contributed by atoms with Crippen LogP contribution in [0.2, 0.25) is 0 Å². The lowest BCUT2D eigenvalue weighted by atomic mass is 10.0. The number of ether oxygens (including phenoxy) is 1. The summed E-state index contributed by atoms with van der Waals surface area (Å²) in [5, 5.41) is 5.59. The van der Waals surface area contributed by atoms with Crippen molar-refractivity contribution in [2.75, 3.05) is 19.7 Å². The second kappa shape index (κ2) is 12.2. The fourth-order valence-corrected chi connectivity index (χ4v) is 4.19. The SMILES string of the molecule is Cc1ccc(CN(C(=O)CNC(=O)c2ccco2)[C@H](C(=O)NC[C@@H]2CCCO2)c2ccccc2)cc1. The van der Waals surface area contributed by atoms with Crippen molar-refractivity contribution in [2.45, 2.75) is 38.5 Å². The van der Waals surface area contributed by atoms with Gasteiger partial charge in [-0.05, 0) is 43.0 Å². The van der Waals surface area contributed by atoms with Crippen LogP contribution in [-0.4, -0.2) is 48.4 Å². The highest BCUT2D eigenvalue weighted by Crippen LogP contribution is 2.24. The molecule has 36 heavy (non-hydrogen) atoms. The van der Waals surface area contributed by atoms with Crippen LogP contribution in [0, 0.1) is 6.92 Å². The standard InChI is InChI=1S/C28H31N3O5/c1-20-11-13-21(14-12-20)19-31(25(32)18-30-27(33)24-10-6-16-36-24)26(22-7-3-2-4-8-22)28(34)29-17-23-9-5-15-35-23/h2-4,6-8,10-14,16,23,26H,5,9,15,17-19H2,1H3,(H,29,34)(H,30,33)/t23-,26-/m0/s1. The van der Waals surface area contributed by atoms with Gasteiger partial charge in [-0.15, -0.1) is 0 Å². The van der Waals surface area contributed by atoms with E-state index in [1.165, 1.54) is 17.2 Å². The maximum absolute atomic E-state index is 13.6. The Morgan fingerprint density at radius 1 is 1.00 bits per heavy atom. The lowest BCUT2D eigenvalue weighted by Crippen LogP contribution is -2.48. The molecule has 0 unspecified atom stereocenters. The molecule has 1 aliphatic heterocycles. The summed E-state index contributed by atoms with van der Waals surface area (Å²) in [6.07, 6.45) is 3.22. The molecule has 2 heterocycles. The largest absolute Gasteiger partial charge is 0.459 e. The van der Waals surface area contributed by atoms with Gasteiger partial charge in [-0.3, -0.25) is 14.4 Å². The molecule has 3 amide bonds. The third kappa shape index (κ3) is 6.60. The molecule has 0 aliphatic carbocycles. The van der Waals surface area contributed by atoms with Crippen molar-refractivity contribution in [2.24, 2.45) is 0 Å². The van der Waals surface area contributed by atoms with E-state index in [0.29, 0.717) is 18.7 Å². The van der Waals surface area contributed by atoms with Crippen LogP contribution in [0.15, 0.2) is 77.4 Å². The molecule has 8 nitrogen and oxygen atoms in total. The molecule has 0 spiro atoms. The molecule has 2 aromatic carbocycles. The monoisotopic (exact) mass is 489 g/mol. The second-order valence-corrected chi connectivity index (χ2v) is 8.86. The summed E-state index contributed by atoms with van der Waals surface area (Å²) in [7, 11) is 0. The van der Waals surface area contributed by atoms with Crippen LogP contribution in [0.4, 0.5) is 0 Å². The van der Waals surface area contributed by atoms with Crippen LogP contribution < -0.4 is 10.6 Å². The van der Waals surface area contributed by atoms with Gasteiger partial charge in [0.05, 0.1) is 18.9 Å². The predicted octanol–water partition coefficient (Wildman–Crippen LogP) is 3.38. The molecule has 1 fully saturated rings. The molecule has 188 valence electrons. The third-order valence-electron chi connectivity index (χ3n) is 6.14. The maximum Gasteiger partial charge on any atom is 0.287 e. The molecule has 2 N–H and O–H groups in total. The second-order valence-electron chi connectivity index (χ2n) is 8.86. The van der Waals surface area contributed by atoms with E-state index in [9.17, 15) is 14.4 Å². The zero-order valence-corrected chi connectivity index (χ0v) is 20.3. The number of aryl methyl sites for hydroxylation is 1. The van der Waals surface area contributed by atoms with Gasteiger partial charge >= 0.3 is 0 Å². The number of amides is 3. The Bertz CT molecular complexity index is 1140. The topological polar surface area (TPSA) is 101 Å². The van der Waals surface area contributed by atoms with Gasteiger partial charge in [0, 0.05) is 19.7 Å². The smallest absolute Gasteiger partial charge is 0.287 e. The molecule has 8 heteroatoms. The van der Waals surface area contributed by atoms with Crippen molar-refractivity contribution in [3.05, 3.63) is 95.4 Å². The number of benzene rings is 2. The van der Waals surface area contributed by atoms with E-state index >= 15 is 0 Å². The number of hydrogen-bond donors (Lipinski definition) is 2. The van der Waals surface area contributed by atoms with Gasteiger partial charge in [-0.1, -0.05) is 60.2 Å². The summed E-state index contributed by atoms with van der Waals surface area (Å²) in [4.78, 5) is 41.0. The zero-order valence-electron chi connectivity index (χ0n) is 20.3. The van der Waals surface area contributed by atoms with Crippen molar-refractivity contribution in [1.29, 1.82) is 0 Å². The Morgan fingerprint density at radius 2 is 1.78 bits per heavy atom. The normalized spacial score (nSPS) is 15.8. The van der Waals surface area contributed by atoms with Gasteiger partial charge in [-0.2, -0.15) is 0 Å². The Morgan fingerprint density at radius 3 is 2.44 bits per heavy atom. The van der Waals surface area contributed by atoms with Gasteiger partial charge < -0.3 is 24.7 Å². The molecule has 4 rings (SSSR count). The molecule has 1 saturated heterocycles. The maximum atomic E-state index is 13.6. The average Bonchev–Trinajstić information content (AvgIpc) is 3.62. The van der Waals surface area contributed by atoms with Gasteiger partial charge in [0.2, 0.25) is 11.8 Å². The lowest BCUT2D eigenvalue weighted by Gasteiger charge is -2.32. The highest BCUT2D eigenvalue weighted by molar-refractivity contribution is 5.95. The number of rotatable bonds is 10. The Balaban J connectivity index is 1.58. The minimum Gasteiger partial charge on any atom is -0.459 e. The zero-order chi connectivity index (χ0) is 25.3. The van der Waals surface area contributed by atoms with Gasteiger partial charge in [0.25, 0.3) is 5.91 Å². The summed E-state index contributed by atoms with van der Waals surface area (Å²) >= 11 is 0. The number of furan rings is 1. The first kappa shape index (κ1) is 25.2. The van der Waals surface area contributed by atoms with E-state index in [0.717, 1.165) is 24.0 Å². The quantitative estimate of drug-likeness (QED) is 0.455. The fraction of sp³-hybridized carbons (Fsp3) is 0.321. The summed E-state index contributed by atoms with van der Waals surface area (Å²) in [5.74, 6) is -1.07. The van der Waals surface area contributed by atoms with Gasteiger partial charge in [-0.25, -0.2) is 0 Å². The summed E-state index contributed by atoms with van der Waals surface area (Å²) in [6.45, 7) is 2.97. The van der Waals surface area contributed by atoms with Crippen LogP contribution in [0.3, 0.4) is 0 Å². The van der Waals surface area contributed by atoms with E-state index in [4.69, 9.17) is 9.15 Å². The Hall–Kier alpha value is -3.91. The number of carbonyl (C=O) groups excluding carboxylic acids is 3. The van der Waals surface area contributed by atoms with Crippen LogP contribution in [-0.2, 0) is 20.9 Å². The van der Waals surface area contributed by atoms with E-state index in [-0.39, 0.29) is 30.9 Å². The predicted molar refractivity (Wildman–Crippen MR) is 134 cm³/mol. The minimum absolute atomic E-state index is 0.0285. The molecule has 0 radical (unpaired) electrons. The average molecular weight is 490 g/mol. The van der Waals surface area contributed by atoms with Crippen molar-refractivity contribution >= 4 is 17.7 Å².